The lowest BCUT2D eigenvalue weighted by atomic mass is 10.2. The first kappa shape index (κ1) is 8.93. The summed E-state index contributed by atoms with van der Waals surface area (Å²) in [5, 5.41) is 17.6. The Labute approximate surface area is 65.7 Å². The molecule has 1 aliphatic heterocycles. The summed E-state index contributed by atoms with van der Waals surface area (Å²) in [5.74, 6) is -0.924. The van der Waals surface area contributed by atoms with Crippen LogP contribution in [0.5, 0.6) is 0 Å². The van der Waals surface area contributed by atoms with Crippen molar-refractivity contribution in [2.24, 2.45) is 0 Å². The van der Waals surface area contributed by atoms with Crippen molar-refractivity contribution in [3.63, 3.8) is 0 Å². The first-order chi connectivity index (χ1) is 5.33. The monoisotopic (exact) mass is 162 g/mol. The molecule has 0 radical (unpaired) electrons. The molecule has 0 saturated carbocycles. The summed E-state index contributed by atoms with van der Waals surface area (Å²) in [6.07, 6.45) is 1.19. The summed E-state index contributed by atoms with van der Waals surface area (Å²) in [6, 6.07) is 0. The highest BCUT2D eigenvalue weighted by Crippen LogP contribution is 2.21. The molecule has 0 unspecified atom stereocenters. The van der Waals surface area contributed by atoms with Crippen molar-refractivity contribution in [1.82, 2.24) is 0 Å². The van der Waals surface area contributed by atoms with Gasteiger partial charge in [-0.3, -0.25) is 0 Å². The standard InChI is InChI=1S/C7H14O4/c8-3-2-7(6-9)10-4-1-5-11-7/h8-9H,1-6H2. The maximum atomic E-state index is 8.91. The Bertz CT molecular complexity index is 103. The molecule has 4 heteroatoms. The second-order valence-electron chi connectivity index (χ2n) is 2.59. The average Bonchev–Trinajstić information content (AvgIpc) is 2.07. The molecule has 0 amide bonds. The minimum atomic E-state index is -0.924. The second-order valence-corrected chi connectivity index (χ2v) is 2.59. The van der Waals surface area contributed by atoms with Crippen LogP contribution in [-0.2, 0) is 9.47 Å². The smallest absolute Gasteiger partial charge is 0.193 e. The summed E-state index contributed by atoms with van der Waals surface area (Å²) in [7, 11) is 0. The van der Waals surface area contributed by atoms with Gasteiger partial charge in [0, 0.05) is 13.0 Å². The van der Waals surface area contributed by atoms with Gasteiger partial charge in [-0.25, -0.2) is 0 Å². The van der Waals surface area contributed by atoms with Crippen LogP contribution in [-0.4, -0.2) is 42.4 Å². The molecule has 4 nitrogen and oxygen atoms in total. The Hall–Kier alpha value is -0.160. The van der Waals surface area contributed by atoms with Crippen LogP contribution < -0.4 is 0 Å². The van der Waals surface area contributed by atoms with E-state index in [2.05, 4.69) is 0 Å². The van der Waals surface area contributed by atoms with Gasteiger partial charge in [0.1, 0.15) is 0 Å². The summed E-state index contributed by atoms with van der Waals surface area (Å²) in [4.78, 5) is 0. The molecule has 0 aliphatic carbocycles. The lowest BCUT2D eigenvalue weighted by Crippen LogP contribution is -2.44. The van der Waals surface area contributed by atoms with E-state index in [1.54, 1.807) is 0 Å². The molecule has 1 aliphatic rings. The quantitative estimate of drug-likeness (QED) is 0.587. The Morgan fingerprint density at radius 1 is 1.18 bits per heavy atom. The van der Waals surface area contributed by atoms with E-state index in [1.807, 2.05) is 0 Å². The number of rotatable bonds is 3. The molecular weight excluding hydrogens is 148 g/mol. The minimum absolute atomic E-state index is 0.0272. The minimum Gasteiger partial charge on any atom is -0.396 e. The zero-order chi connectivity index (χ0) is 8.16. The van der Waals surface area contributed by atoms with E-state index in [0.717, 1.165) is 6.42 Å². The Morgan fingerprint density at radius 3 is 2.27 bits per heavy atom. The molecule has 11 heavy (non-hydrogen) atoms. The first-order valence-corrected chi connectivity index (χ1v) is 3.83. The van der Waals surface area contributed by atoms with Crippen molar-refractivity contribution < 1.29 is 19.7 Å². The van der Waals surface area contributed by atoms with Gasteiger partial charge in [0.15, 0.2) is 5.79 Å². The van der Waals surface area contributed by atoms with Crippen molar-refractivity contribution in [2.45, 2.75) is 18.6 Å². The fourth-order valence-electron chi connectivity index (χ4n) is 1.10. The van der Waals surface area contributed by atoms with Crippen molar-refractivity contribution >= 4 is 0 Å². The SMILES string of the molecule is OCCC1(CO)OCCCO1. The molecule has 0 atom stereocenters. The van der Waals surface area contributed by atoms with Gasteiger partial charge in [0.05, 0.1) is 19.8 Å². The van der Waals surface area contributed by atoms with Gasteiger partial charge in [0.2, 0.25) is 0 Å². The Morgan fingerprint density at radius 2 is 1.82 bits per heavy atom. The summed E-state index contributed by atoms with van der Waals surface area (Å²) < 4.78 is 10.4. The second kappa shape index (κ2) is 4.01. The van der Waals surface area contributed by atoms with Crippen molar-refractivity contribution in [3.05, 3.63) is 0 Å². The first-order valence-electron chi connectivity index (χ1n) is 3.83. The third-order valence-corrected chi connectivity index (χ3v) is 1.75. The van der Waals surface area contributed by atoms with Crippen molar-refractivity contribution in [1.29, 1.82) is 0 Å². The fourth-order valence-corrected chi connectivity index (χ4v) is 1.10. The predicted octanol–water partition coefficient (Wildman–Crippen LogP) is -0.506. The molecule has 0 bridgehead atoms. The fraction of sp³-hybridized carbons (Fsp3) is 1.00. The molecule has 1 saturated heterocycles. The molecule has 1 heterocycles. The predicted molar refractivity (Wildman–Crippen MR) is 38.0 cm³/mol. The highest BCUT2D eigenvalue weighted by molar-refractivity contribution is 4.71. The lowest BCUT2D eigenvalue weighted by Gasteiger charge is -2.35. The Kier molecular flexibility index (Phi) is 3.26. The maximum Gasteiger partial charge on any atom is 0.193 e. The van der Waals surface area contributed by atoms with Crippen LogP contribution in [0, 0.1) is 0 Å². The number of hydrogen-bond donors (Lipinski definition) is 2. The third kappa shape index (κ3) is 2.13. The molecule has 2 N–H and O–H groups in total. The molecule has 0 aromatic heterocycles. The van der Waals surface area contributed by atoms with Gasteiger partial charge < -0.3 is 19.7 Å². The van der Waals surface area contributed by atoms with E-state index < -0.39 is 5.79 Å². The third-order valence-electron chi connectivity index (χ3n) is 1.75. The van der Waals surface area contributed by atoms with E-state index in [4.69, 9.17) is 19.7 Å². The molecule has 1 rings (SSSR count). The molecule has 0 aromatic carbocycles. The average molecular weight is 162 g/mol. The van der Waals surface area contributed by atoms with Crippen LogP contribution in [0.2, 0.25) is 0 Å². The van der Waals surface area contributed by atoms with E-state index in [-0.39, 0.29) is 13.2 Å². The maximum absolute atomic E-state index is 8.91. The molecule has 0 aromatic rings. The van der Waals surface area contributed by atoms with E-state index >= 15 is 0 Å². The number of aliphatic hydroxyl groups is 2. The largest absolute Gasteiger partial charge is 0.396 e. The van der Waals surface area contributed by atoms with Gasteiger partial charge in [0.25, 0.3) is 0 Å². The molecule has 0 spiro atoms. The zero-order valence-electron chi connectivity index (χ0n) is 6.45. The summed E-state index contributed by atoms with van der Waals surface area (Å²) in [6.45, 7) is 0.981. The van der Waals surface area contributed by atoms with E-state index in [1.165, 1.54) is 0 Å². The topological polar surface area (TPSA) is 58.9 Å². The lowest BCUT2D eigenvalue weighted by molar-refractivity contribution is -0.287. The van der Waals surface area contributed by atoms with E-state index in [9.17, 15) is 0 Å². The normalized spacial score (nSPS) is 23.5. The molecule has 1 fully saturated rings. The van der Waals surface area contributed by atoms with E-state index in [0.29, 0.717) is 19.6 Å². The highest BCUT2D eigenvalue weighted by atomic mass is 16.7. The van der Waals surface area contributed by atoms with Crippen molar-refractivity contribution in [2.75, 3.05) is 26.4 Å². The van der Waals surface area contributed by atoms with Crippen LogP contribution in [0.4, 0.5) is 0 Å². The summed E-state index contributed by atoms with van der Waals surface area (Å²) >= 11 is 0. The van der Waals surface area contributed by atoms with Gasteiger partial charge in [-0.1, -0.05) is 0 Å². The number of hydrogen-bond acceptors (Lipinski definition) is 4. The van der Waals surface area contributed by atoms with Gasteiger partial charge in [-0.05, 0) is 6.42 Å². The molecular formula is C7H14O4. The van der Waals surface area contributed by atoms with Crippen LogP contribution >= 0.6 is 0 Å². The van der Waals surface area contributed by atoms with Crippen LogP contribution in [0.3, 0.4) is 0 Å². The van der Waals surface area contributed by atoms with Gasteiger partial charge >= 0.3 is 0 Å². The summed E-state index contributed by atoms with van der Waals surface area (Å²) in [5.41, 5.74) is 0. The van der Waals surface area contributed by atoms with Crippen LogP contribution in [0.1, 0.15) is 12.8 Å². The van der Waals surface area contributed by atoms with Crippen LogP contribution in [0.25, 0.3) is 0 Å². The van der Waals surface area contributed by atoms with Crippen molar-refractivity contribution in [3.8, 4) is 0 Å². The number of ether oxygens (including phenoxy) is 2. The molecule has 66 valence electrons. The van der Waals surface area contributed by atoms with Crippen LogP contribution in [0.15, 0.2) is 0 Å². The zero-order valence-corrected chi connectivity index (χ0v) is 6.45. The highest BCUT2D eigenvalue weighted by Gasteiger charge is 2.33. The van der Waals surface area contributed by atoms with Gasteiger partial charge in [-0.2, -0.15) is 0 Å². The van der Waals surface area contributed by atoms with Gasteiger partial charge in [-0.15, -0.1) is 0 Å². The number of aliphatic hydroxyl groups excluding tert-OH is 2. The Balaban J connectivity index is 2.42.